The molecule has 0 radical (unpaired) electrons. The van der Waals surface area contributed by atoms with Gasteiger partial charge in [-0.25, -0.2) is 4.98 Å². The van der Waals surface area contributed by atoms with E-state index in [9.17, 15) is 0 Å². The van der Waals surface area contributed by atoms with Crippen LogP contribution in [0.1, 0.15) is 11.4 Å². The fourth-order valence-corrected chi connectivity index (χ4v) is 2.73. The number of hydrogen-bond donors (Lipinski definition) is 1. The molecular formula is C13H17N5S. The minimum Gasteiger partial charge on any atom is -0.354 e. The van der Waals surface area contributed by atoms with Crippen LogP contribution in [0.3, 0.4) is 0 Å². The summed E-state index contributed by atoms with van der Waals surface area (Å²) in [5.41, 5.74) is 3.97. The molecule has 1 aliphatic heterocycles. The van der Waals surface area contributed by atoms with E-state index in [1.165, 1.54) is 0 Å². The summed E-state index contributed by atoms with van der Waals surface area (Å²) in [5.74, 6) is 1.68. The maximum absolute atomic E-state index is 4.26. The van der Waals surface area contributed by atoms with Crippen molar-refractivity contribution in [1.29, 1.82) is 0 Å². The van der Waals surface area contributed by atoms with Crippen LogP contribution in [0.2, 0.25) is 0 Å². The fraction of sp³-hybridized carbons (Fsp3) is 0.462. The van der Waals surface area contributed by atoms with Gasteiger partial charge in [-0.15, -0.1) is 16.4 Å². The van der Waals surface area contributed by atoms with Crippen molar-refractivity contribution in [3.63, 3.8) is 0 Å². The standard InChI is InChI=1S/C13H17N5S/c1-10-2-3-13(17-16-10)18-6-11(7-18)4-14-5-12-8-19-9-15-12/h2-3,8-9,11,14H,4-7H2,1H3. The van der Waals surface area contributed by atoms with Gasteiger partial charge >= 0.3 is 0 Å². The maximum Gasteiger partial charge on any atom is 0.151 e. The van der Waals surface area contributed by atoms with E-state index in [0.717, 1.165) is 43.4 Å². The Balaban J connectivity index is 1.39. The predicted molar refractivity (Wildman–Crippen MR) is 76.3 cm³/mol. The summed E-state index contributed by atoms with van der Waals surface area (Å²) in [5, 5.41) is 13.8. The van der Waals surface area contributed by atoms with Gasteiger partial charge in [0.15, 0.2) is 5.82 Å². The Morgan fingerprint density at radius 1 is 1.37 bits per heavy atom. The summed E-state index contributed by atoms with van der Waals surface area (Å²) in [4.78, 5) is 6.52. The average Bonchev–Trinajstić information content (AvgIpc) is 2.87. The second-order valence-electron chi connectivity index (χ2n) is 4.91. The van der Waals surface area contributed by atoms with E-state index in [2.05, 4.69) is 30.8 Å². The summed E-state index contributed by atoms with van der Waals surface area (Å²) < 4.78 is 0. The Morgan fingerprint density at radius 3 is 2.95 bits per heavy atom. The molecule has 1 fully saturated rings. The SMILES string of the molecule is Cc1ccc(N2CC(CNCc3cscn3)C2)nn1. The molecule has 1 aliphatic rings. The van der Waals surface area contributed by atoms with Crippen molar-refractivity contribution in [2.24, 2.45) is 5.92 Å². The lowest BCUT2D eigenvalue weighted by molar-refractivity contribution is 0.381. The van der Waals surface area contributed by atoms with Gasteiger partial charge in [-0.1, -0.05) is 0 Å². The van der Waals surface area contributed by atoms with Crippen LogP contribution in [-0.4, -0.2) is 34.8 Å². The van der Waals surface area contributed by atoms with E-state index in [0.29, 0.717) is 5.92 Å². The molecule has 1 N–H and O–H groups in total. The van der Waals surface area contributed by atoms with Gasteiger partial charge in [0.2, 0.25) is 0 Å². The monoisotopic (exact) mass is 275 g/mol. The number of rotatable bonds is 5. The van der Waals surface area contributed by atoms with Crippen molar-refractivity contribution in [2.45, 2.75) is 13.5 Å². The zero-order valence-electron chi connectivity index (χ0n) is 10.9. The summed E-state index contributed by atoms with van der Waals surface area (Å²) in [7, 11) is 0. The molecule has 0 amide bonds. The average molecular weight is 275 g/mol. The molecule has 0 aliphatic carbocycles. The zero-order valence-corrected chi connectivity index (χ0v) is 11.7. The van der Waals surface area contributed by atoms with E-state index in [-0.39, 0.29) is 0 Å². The molecule has 1 saturated heterocycles. The van der Waals surface area contributed by atoms with Crippen LogP contribution in [0.25, 0.3) is 0 Å². The third kappa shape index (κ3) is 3.08. The third-order valence-corrected chi connectivity index (χ3v) is 3.92. The Bertz CT molecular complexity index is 504. The summed E-state index contributed by atoms with van der Waals surface area (Å²) in [6.07, 6.45) is 0. The number of anilines is 1. The third-order valence-electron chi connectivity index (χ3n) is 3.29. The first-order chi connectivity index (χ1) is 9.31. The second-order valence-corrected chi connectivity index (χ2v) is 5.63. The van der Waals surface area contributed by atoms with Gasteiger partial charge in [-0.3, -0.25) is 0 Å². The molecule has 0 aromatic carbocycles. The van der Waals surface area contributed by atoms with Gasteiger partial charge in [-0.2, -0.15) is 5.10 Å². The van der Waals surface area contributed by atoms with Crippen LogP contribution < -0.4 is 10.2 Å². The van der Waals surface area contributed by atoms with E-state index in [1.807, 2.05) is 24.6 Å². The molecule has 0 unspecified atom stereocenters. The molecule has 0 saturated carbocycles. The van der Waals surface area contributed by atoms with E-state index < -0.39 is 0 Å². The van der Waals surface area contributed by atoms with Gasteiger partial charge in [0.1, 0.15) is 0 Å². The minimum absolute atomic E-state index is 0.696. The van der Waals surface area contributed by atoms with Gasteiger partial charge < -0.3 is 10.2 Å². The highest BCUT2D eigenvalue weighted by atomic mass is 32.1. The molecule has 0 spiro atoms. The molecule has 6 heteroatoms. The highest BCUT2D eigenvalue weighted by Crippen LogP contribution is 2.21. The molecule has 0 atom stereocenters. The van der Waals surface area contributed by atoms with Crippen LogP contribution >= 0.6 is 11.3 Å². The predicted octanol–water partition coefficient (Wildman–Crippen LogP) is 1.47. The summed E-state index contributed by atoms with van der Waals surface area (Å²) >= 11 is 1.64. The fourth-order valence-electron chi connectivity index (χ4n) is 2.18. The van der Waals surface area contributed by atoms with Gasteiger partial charge in [0.05, 0.1) is 16.9 Å². The molecule has 3 heterocycles. The quantitative estimate of drug-likeness (QED) is 0.895. The molecule has 19 heavy (non-hydrogen) atoms. The molecule has 2 aromatic heterocycles. The Hall–Kier alpha value is -1.53. The van der Waals surface area contributed by atoms with Crippen LogP contribution in [0.15, 0.2) is 23.0 Å². The van der Waals surface area contributed by atoms with Crippen molar-refractivity contribution >= 4 is 17.2 Å². The number of hydrogen-bond acceptors (Lipinski definition) is 6. The number of aryl methyl sites for hydroxylation is 1. The first-order valence-corrected chi connectivity index (χ1v) is 7.38. The van der Waals surface area contributed by atoms with Crippen LogP contribution in [0.5, 0.6) is 0 Å². The molecule has 3 rings (SSSR count). The van der Waals surface area contributed by atoms with Crippen LogP contribution in [0.4, 0.5) is 5.82 Å². The van der Waals surface area contributed by atoms with Crippen molar-refractivity contribution in [3.8, 4) is 0 Å². The van der Waals surface area contributed by atoms with E-state index in [1.54, 1.807) is 11.3 Å². The first-order valence-electron chi connectivity index (χ1n) is 6.44. The van der Waals surface area contributed by atoms with Crippen LogP contribution in [0, 0.1) is 12.8 Å². The largest absolute Gasteiger partial charge is 0.354 e. The number of nitrogens with zero attached hydrogens (tertiary/aromatic N) is 4. The summed E-state index contributed by atoms with van der Waals surface area (Å²) in [6, 6.07) is 4.05. The smallest absolute Gasteiger partial charge is 0.151 e. The Morgan fingerprint density at radius 2 is 2.26 bits per heavy atom. The lowest BCUT2D eigenvalue weighted by Crippen LogP contribution is -2.51. The normalized spacial score (nSPS) is 15.5. The van der Waals surface area contributed by atoms with Gasteiger partial charge in [-0.05, 0) is 19.1 Å². The van der Waals surface area contributed by atoms with E-state index >= 15 is 0 Å². The molecule has 0 bridgehead atoms. The number of aromatic nitrogens is 3. The zero-order chi connectivity index (χ0) is 13.1. The highest BCUT2D eigenvalue weighted by Gasteiger charge is 2.27. The topological polar surface area (TPSA) is 53.9 Å². The molecule has 100 valence electrons. The molecule has 5 nitrogen and oxygen atoms in total. The minimum atomic E-state index is 0.696. The molecule has 2 aromatic rings. The van der Waals surface area contributed by atoms with E-state index in [4.69, 9.17) is 0 Å². The Kier molecular flexibility index (Phi) is 3.70. The Labute approximate surface area is 116 Å². The molecular weight excluding hydrogens is 258 g/mol. The van der Waals surface area contributed by atoms with Crippen molar-refractivity contribution in [3.05, 3.63) is 34.4 Å². The van der Waals surface area contributed by atoms with Crippen molar-refractivity contribution in [1.82, 2.24) is 20.5 Å². The lowest BCUT2D eigenvalue weighted by atomic mass is 10.0. The maximum atomic E-state index is 4.26. The number of thiazole rings is 1. The number of nitrogens with one attached hydrogen (secondary N) is 1. The van der Waals surface area contributed by atoms with Crippen molar-refractivity contribution in [2.75, 3.05) is 24.5 Å². The van der Waals surface area contributed by atoms with Crippen molar-refractivity contribution < 1.29 is 0 Å². The van der Waals surface area contributed by atoms with Gasteiger partial charge in [0, 0.05) is 37.5 Å². The van der Waals surface area contributed by atoms with Crippen LogP contribution in [-0.2, 0) is 6.54 Å². The summed E-state index contributed by atoms with van der Waals surface area (Å²) in [6.45, 7) is 5.97. The van der Waals surface area contributed by atoms with Gasteiger partial charge in [0.25, 0.3) is 0 Å². The second kappa shape index (κ2) is 5.63. The lowest BCUT2D eigenvalue weighted by Gasteiger charge is -2.40. The highest BCUT2D eigenvalue weighted by molar-refractivity contribution is 7.07. The first kappa shape index (κ1) is 12.5.